The minimum Gasteiger partial charge on any atom is -0.496 e. The molecule has 0 fully saturated rings. The number of hydrogen-bond donors (Lipinski definition) is 2. The van der Waals surface area contributed by atoms with E-state index in [4.69, 9.17) is 4.74 Å². The van der Waals surface area contributed by atoms with Crippen molar-refractivity contribution in [2.24, 2.45) is 0 Å². The zero-order valence-electron chi connectivity index (χ0n) is 10.0. The SMILES string of the molecule is CCNCC(NC)c1ccc(OC)c(Br)c1. The number of methoxy groups -OCH3 is 1. The van der Waals surface area contributed by atoms with E-state index < -0.39 is 0 Å². The zero-order chi connectivity index (χ0) is 12.0. The number of nitrogens with one attached hydrogen (secondary N) is 2. The molecule has 4 heteroatoms. The second kappa shape index (κ2) is 6.89. The Hall–Kier alpha value is -0.580. The van der Waals surface area contributed by atoms with E-state index in [1.54, 1.807) is 7.11 Å². The Morgan fingerprint density at radius 1 is 1.44 bits per heavy atom. The number of benzene rings is 1. The molecule has 0 radical (unpaired) electrons. The largest absolute Gasteiger partial charge is 0.496 e. The molecule has 0 heterocycles. The van der Waals surface area contributed by atoms with Crippen LogP contribution in [0.4, 0.5) is 0 Å². The van der Waals surface area contributed by atoms with Crippen LogP contribution in [0.15, 0.2) is 22.7 Å². The molecule has 16 heavy (non-hydrogen) atoms. The number of halogens is 1. The molecule has 2 N–H and O–H groups in total. The number of ether oxygens (including phenoxy) is 1. The van der Waals surface area contributed by atoms with E-state index in [-0.39, 0.29) is 0 Å². The van der Waals surface area contributed by atoms with Gasteiger partial charge in [-0.1, -0.05) is 13.0 Å². The van der Waals surface area contributed by atoms with E-state index in [9.17, 15) is 0 Å². The first kappa shape index (κ1) is 13.5. The summed E-state index contributed by atoms with van der Waals surface area (Å²) in [5.41, 5.74) is 1.25. The van der Waals surface area contributed by atoms with Gasteiger partial charge < -0.3 is 15.4 Å². The molecule has 1 aromatic rings. The van der Waals surface area contributed by atoms with Gasteiger partial charge in [0.2, 0.25) is 0 Å². The monoisotopic (exact) mass is 286 g/mol. The van der Waals surface area contributed by atoms with Crippen molar-refractivity contribution in [1.82, 2.24) is 10.6 Å². The lowest BCUT2D eigenvalue weighted by molar-refractivity contribution is 0.411. The summed E-state index contributed by atoms with van der Waals surface area (Å²) in [5, 5.41) is 6.63. The molecule has 1 rings (SSSR count). The van der Waals surface area contributed by atoms with Crippen molar-refractivity contribution >= 4 is 15.9 Å². The Morgan fingerprint density at radius 2 is 2.19 bits per heavy atom. The first-order valence-corrected chi connectivity index (χ1v) is 6.23. The van der Waals surface area contributed by atoms with Crippen LogP contribution in [0.3, 0.4) is 0 Å². The van der Waals surface area contributed by atoms with Crippen LogP contribution in [0.5, 0.6) is 5.75 Å². The lowest BCUT2D eigenvalue weighted by Crippen LogP contribution is -2.29. The third-order valence-corrected chi connectivity index (χ3v) is 3.14. The van der Waals surface area contributed by atoms with Crippen LogP contribution < -0.4 is 15.4 Å². The predicted octanol–water partition coefficient (Wildman–Crippen LogP) is 2.33. The molecule has 0 saturated heterocycles. The molecular weight excluding hydrogens is 268 g/mol. The van der Waals surface area contributed by atoms with Crippen LogP contribution in [0.1, 0.15) is 18.5 Å². The van der Waals surface area contributed by atoms with Crippen LogP contribution in [-0.2, 0) is 0 Å². The average molecular weight is 287 g/mol. The van der Waals surface area contributed by atoms with Gasteiger partial charge in [0.1, 0.15) is 5.75 Å². The second-order valence-corrected chi connectivity index (χ2v) is 4.40. The Labute approximate surface area is 106 Å². The molecule has 1 atom stereocenters. The van der Waals surface area contributed by atoms with Crippen LogP contribution >= 0.6 is 15.9 Å². The van der Waals surface area contributed by atoms with Crippen LogP contribution in [-0.4, -0.2) is 27.2 Å². The van der Waals surface area contributed by atoms with Gasteiger partial charge in [0.15, 0.2) is 0 Å². The molecule has 0 aliphatic rings. The fourth-order valence-electron chi connectivity index (χ4n) is 1.57. The summed E-state index contributed by atoms with van der Waals surface area (Å²) < 4.78 is 6.20. The quantitative estimate of drug-likeness (QED) is 0.842. The van der Waals surface area contributed by atoms with Gasteiger partial charge in [-0.3, -0.25) is 0 Å². The van der Waals surface area contributed by atoms with Crippen molar-refractivity contribution in [3.63, 3.8) is 0 Å². The Kier molecular flexibility index (Phi) is 5.80. The van der Waals surface area contributed by atoms with E-state index in [2.05, 4.69) is 45.6 Å². The molecule has 1 aromatic carbocycles. The third kappa shape index (κ3) is 3.47. The summed E-state index contributed by atoms with van der Waals surface area (Å²) in [6.07, 6.45) is 0. The molecule has 0 aromatic heterocycles. The van der Waals surface area contributed by atoms with Gasteiger partial charge in [0, 0.05) is 12.6 Å². The predicted molar refractivity (Wildman–Crippen MR) is 71.0 cm³/mol. The molecule has 0 aliphatic carbocycles. The lowest BCUT2D eigenvalue weighted by atomic mass is 10.1. The van der Waals surface area contributed by atoms with Crippen molar-refractivity contribution < 1.29 is 4.74 Å². The van der Waals surface area contributed by atoms with Crippen molar-refractivity contribution in [2.45, 2.75) is 13.0 Å². The summed E-state index contributed by atoms with van der Waals surface area (Å²) in [6, 6.07) is 6.48. The fraction of sp³-hybridized carbons (Fsp3) is 0.500. The number of likely N-dealkylation sites (N-methyl/N-ethyl adjacent to an activating group) is 2. The van der Waals surface area contributed by atoms with Crippen molar-refractivity contribution in [1.29, 1.82) is 0 Å². The van der Waals surface area contributed by atoms with Crippen LogP contribution in [0.25, 0.3) is 0 Å². The summed E-state index contributed by atoms with van der Waals surface area (Å²) >= 11 is 3.50. The average Bonchev–Trinajstić information content (AvgIpc) is 2.30. The Bertz CT molecular complexity index is 331. The van der Waals surface area contributed by atoms with Crippen molar-refractivity contribution in [3.8, 4) is 5.75 Å². The molecule has 90 valence electrons. The highest BCUT2D eigenvalue weighted by atomic mass is 79.9. The Balaban J connectivity index is 2.80. The zero-order valence-corrected chi connectivity index (χ0v) is 11.6. The van der Waals surface area contributed by atoms with Gasteiger partial charge in [-0.25, -0.2) is 0 Å². The fourth-order valence-corrected chi connectivity index (χ4v) is 2.13. The van der Waals surface area contributed by atoms with E-state index in [1.165, 1.54) is 5.56 Å². The maximum Gasteiger partial charge on any atom is 0.133 e. The van der Waals surface area contributed by atoms with Gasteiger partial charge in [-0.15, -0.1) is 0 Å². The van der Waals surface area contributed by atoms with E-state index >= 15 is 0 Å². The van der Waals surface area contributed by atoms with Crippen molar-refractivity contribution in [2.75, 3.05) is 27.2 Å². The molecule has 0 amide bonds. The first-order valence-electron chi connectivity index (χ1n) is 5.44. The summed E-state index contributed by atoms with van der Waals surface area (Å²) in [7, 11) is 3.65. The summed E-state index contributed by atoms with van der Waals surface area (Å²) in [6.45, 7) is 4.01. The van der Waals surface area contributed by atoms with E-state index in [0.29, 0.717) is 6.04 Å². The van der Waals surface area contributed by atoms with Gasteiger partial charge in [-0.05, 0) is 47.2 Å². The second-order valence-electron chi connectivity index (χ2n) is 3.54. The maximum absolute atomic E-state index is 5.21. The minimum atomic E-state index is 0.321. The molecule has 0 aliphatic heterocycles. The van der Waals surface area contributed by atoms with Gasteiger partial charge >= 0.3 is 0 Å². The van der Waals surface area contributed by atoms with Crippen LogP contribution in [0.2, 0.25) is 0 Å². The van der Waals surface area contributed by atoms with E-state index in [0.717, 1.165) is 23.3 Å². The molecule has 1 unspecified atom stereocenters. The molecule has 3 nitrogen and oxygen atoms in total. The normalized spacial score (nSPS) is 12.5. The summed E-state index contributed by atoms with van der Waals surface area (Å²) in [4.78, 5) is 0. The maximum atomic E-state index is 5.21. The smallest absolute Gasteiger partial charge is 0.133 e. The lowest BCUT2D eigenvalue weighted by Gasteiger charge is -2.18. The van der Waals surface area contributed by atoms with Crippen molar-refractivity contribution in [3.05, 3.63) is 28.2 Å². The van der Waals surface area contributed by atoms with Gasteiger partial charge in [0.05, 0.1) is 11.6 Å². The number of rotatable bonds is 6. The molecule has 0 saturated carbocycles. The third-order valence-electron chi connectivity index (χ3n) is 2.53. The van der Waals surface area contributed by atoms with Gasteiger partial charge in [0.25, 0.3) is 0 Å². The van der Waals surface area contributed by atoms with Gasteiger partial charge in [-0.2, -0.15) is 0 Å². The minimum absolute atomic E-state index is 0.321. The number of hydrogen-bond acceptors (Lipinski definition) is 3. The first-order chi connectivity index (χ1) is 7.72. The molecular formula is C12H19BrN2O. The Morgan fingerprint density at radius 3 is 2.69 bits per heavy atom. The highest BCUT2D eigenvalue weighted by Gasteiger charge is 2.10. The highest BCUT2D eigenvalue weighted by molar-refractivity contribution is 9.10. The van der Waals surface area contributed by atoms with E-state index in [1.807, 2.05) is 13.1 Å². The summed E-state index contributed by atoms with van der Waals surface area (Å²) in [5.74, 6) is 0.863. The highest BCUT2D eigenvalue weighted by Crippen LogP contribution is 2.27. The molecule has 0 bridgehead atoms. The molecule has 0 spiro atoms. The topological polar surface area (TPSA) is 33.3 Å². The van der Waals surface area contributed by atoms with Crippen LogP contribution in [0, 0.1) is 0 Å². The standard InChI is InChI=1S/C12H19BrN2O/c1-4-15-8-11(14-2)9-5-6-12(16-3)10(13)7-9/h5-7,11,14-15H,4,8H2,1-3H3.